The van der Waals surface area contributed by atoms with Gasteiger partial charge >= 0.3 is 0 Å². The van der Waals surface area contributed by atoms with Gasteiger partial charge < -0.3 is 10.3 Å². The van der Waals surface area contributed by atoms with Crippen molar-refractivity contribution in [2.45, 2.75) is 25.3 Å². The zero-order valence-electron chi connectivity index (χ0n) is 10.5. The van der Waals surface area contributed by atoms with Crippen LogP contribution >= 0.6 is 0 Å². The zero-order chi connectivity index (χ0) is 11.8. The van der Waals surface area contributed by atoms with Crippen LogP contribution in [0, 0.1) is 11.8 Å². The Morgan fingerprint density at radius 3 is 2.65 bits per heavy atom. The van der Waals surface area contributed by atoms with Crippen molar-refractivity contribution >= 4 is 0 Å². The number of aryl methyl sites for hydroxylation is 1. The zero-order valence-corrected chi connectivity index (χ0v) is 10.5. The summed E-state index contributed by atoms with van der Waals surface area (Å²) in [7, 11) is 2.06. The van der Waals surface area contributed by atoms with Crippen molar-refractivity contribution in [3.8, 4) is 0 Å². The lowest BCUT2D eigenvalue weighted by Crippen LogP contribution is -2.33. The van der Waals surface area contributed by atoms with E-state index in [1.807, 2.05) is 12.5 Å². The summed E-state index contributed by atoms with van der Waals surface area (Å²) in [5.41, 5.74) is 7.24. The number of fused-ring (bicyclic) bond motifs is 1. The molecule has 1 aliphatic carbocycles. The molecule has 0 aromatic carbocycles. The van der Waals surface area contributed by atoms with Crippen molar-refractivity contribution < 1.29 is 0 Å². The number of nitrogens with zero attached hydrogens (tertiary/aromatic N) is 3. The van der Waals surface area contributed by atoms with Crippen LogP contribution in [0.3, 0.4) is 0 Å². The number of likely N-dealkylation sites (tertiary alicyclic amines) is 1. The second kappa shape index (κ2) is 4.42. The molecule has 0 spiro atoms. The van der Waals surface area contributed by atoms with E-state index in [-0.39, 0.29) is 0 Å². The number of rotatable bonds is 3. The summed E-state index contributed by atoms with van der Waals surface area (Å²) in [6.07, 6.45) is 8.11. The van der Waals surface area contributed by atoms with Gasteiger partial charge in [0.25, 0.3) is 0 Å². The molecule has 0 radical (unpaired) electrons. The first-order valence-corrected chi connectivity index (χ1v) is 6.70. The van der Waals surface area contributed by atoms with E-state index in [4.69, 9.17) is 5.73 Å². The molecule has 2 fully saturated rings. The maximum Gasteiger partial charge on any atom is 0.0946 e. The second-order valence-electron chi connectivity index (χ2n) is 5.59. The monoisotopic (exact) mass is 234 g/mol. The first-order valence-electron chi connectivity index (χ1n) is 6.70. The molecule has 3 unspecified atom stereocenters. The van der Waals surface area contributed by atoms with E-state index >= 15 is 0 Å². The average molecular weight is 234 g/mol. The molecule has 0 amide bonds. The van der Waals surface area contributed by atoms with Gasteiger partial charge in [-0.25, -0.2) is 4.98 Å². The summed E-state index contributed by atoms with van der Waals surface area (Å²) in [5, 5.41) is 0. The van der Waals surface area contributed by atoms with E-state index in [0.717, 1.165) is 11.8 Å². The molecular formula is C13H22N4. The number of nitrogens with two attached hydrogens (primary N) is 1. The summed E-state index contributed by atoms with van der Waals surface area (Å²) in [6, 6.07) is 0.355. The second-order valence-corrected chi connectivity index (χ2v) is 5.59. The Morgan fingerprint density at radius 2 is 2.12 bits per heavy atom. The maximum absolute atomic E-state index is 5.98. The molecule has 4 heteroatoms. The summed E-state index contributed by atoms with van der Waals surface area (Å²) in [4.78, 5) is 6.79. The summed E-state index contributed by atoms with van der Waals surface area (Å²) >= 11 is 0. The molecule has 4 nitrogen and oxygen atoms in total. The van der Waals surface area contributed by atoms with Gasteiger partial charge in [-0.15, -0.1) is 0 Å². The Kier molecular flexibility index (Phi) is 2.92. The van der Waals surface area contributed by atoms with Gasteiger partial charge in [-0.2, -0.15) is 0 Å². The molecule has 17 heavy (non-hydrogen) atoms. The third-order valence-electron chi connectivity index (χ3n) is 4.61. The van der Waals surface area contributed by atoms with E-state index in [1.165, 1.54) is 38.0 Å². The Balaban J connectivity index is 1.76. The van der Waals surface area contributed by atoms with Crippen molar-refractivity contribution in [2.24, 2.45) is 24.6 Å². The fourth-order valence-corrected chi connectivity index (χ4v) is 3.67. The minimum Gasteiger partial charge on any atom is -0.336 e. The molecule has 0 bridgehead atoms. The van der Waals surface area contributed by atoms with Crippen LogP contribution in [0.4, 0.5) is 0 Å². The van der Waals surface area contributed by atoms with E-state index in [2.05, 4.69) is 21.5 Å². The first-order chi connectivity index (χ1) is 8.29. The molecule has 1 aromatic heterocycles. The van der Waals surface area contributed by atoms with Crippen LogP contribution in [-0.2, 0) is 7.05 Å². The fourth-order valence-electron chi connectivity index (χ4n) is 3.67. The van der Waals surface area contributed by atoms with Crippen LogP contribution < -0.4 is 5.73 Å². The first kappa shape index (κ1) is 11.2. The van der Waals surface area contributed by atoms with E-state index in [1.54, 1.807) is 0 Å². The molecule has 1 aromatic rings. The van der Waals surface area contributed by atoms with Gasteiger partial charge in [0, 0.05) is 32.9 Å². The van der Waals surface area contributed by atoms with Gasteiger partial charge in [0.05, 0.1) is 18.1 Å². The minimum absolute atomic E-state index is 0.355. The molecule has 2 heterocycles. The van der Waals surface area contributed by atoms with E-state index in [9.17, 15) is 0 Å². The van der Waals surface area contributed by atoms with Crippen molar-refractivity contribution in [3.05, 3.63) is 18.2 Å². The number of hydrogen-bond acceptors (Lipinski definition) is 3. The Bertz CT molecular complexity index is 375. The molecule has 1 saturated heterocycles. The van der Waals surface area contributed by atoms with Crippen molar-refractivity contribution in [3.63, 3.8) is 0 Å². The molecule has 2 aliphatic rings. The van der Waals surface area contributed by atoms with Crippen LogP contribution in [0.1, 0.15) is 31.0 Å². The molecular weight excluding hydrogens is 212 g/mol. The Labute approximate surface area is 103 Å². The molecule has 3 atom stereocenters. The molecule has 3 rings (SSSR count). The lowest BCUT2D eigenvalue weighted by Gasteiger charge is -2.27. The fraction of sp³-hybridized carbons (Fsp3) is 0.769. The van der Waals surface area contributed by atoms with Crippen molar-refractivity contribution in [1.82, 2.24) is 14.5 Å². The Hall–Kier alpha value is -0.870. The highest BCUT2D eigenvalue weighted by atomic mass is 15.2. The van der Waals surface area contributed by atoms with Gasteiger partial charge in [0.1, 0.15) is 0 Å². The summed E-state index contributed by atoms with van der Waals surface area (Å²) in [6.45, 7) is 3.16. The average Bonchev–Trinajstić information content (AvgIpc) is 2.96. The van der Waals surface area contributed by atoms with E-state index in [0.29, 0.717) is 12.6 Å². The van der Waals surface area contributed by atoms with Crippen LogP contribution in [0.15, 0.2) is 12.5 Å². The topological polar surface area (TPSA) is 47.1 Å². The normalized spacial score (nSPS) is 30.7. The number of aromatic nitrogens is 2. The lowest BCUT2D eigenvalue weighted by molar-refractivity contribution is 0.224. The van der Waals surface area contributed by atoms with Crippen molar-refractivity contribution in [2.75, 3.05) is 19.6 Å². The third-order valence-corrected chi connectivity index (χ3v) is 4.61. The Morgan fingerprint density at radius 1 is 1.41 bits per heavy atom. The highest BCUT2D eigenvalue weighted by molar-refractivity contribution is 5.08. The van der Waals surface area contributed by atoms with Gasteiger partial charge in [0.15, 0.2) is 0 Å². The van der Waals surface area contributed by atoms with Gasteiger partial charge in [-0.05, 0) is 24.7 Å². The highest BCUT2D eigenvalue weighted by Gasteiger charge is 2.39. The number of imidazole rings is 1. The van der Waals surface area contributed by atoms with Crippen molar-refractivity contribution in [1.29, 1.82) is 0 Å². The third kappa shape index (κ3) is 1.89. The largest absolute Gasteiger partial charge is 0.336 e. The van der Waals surface area contributed by atoms with Gasteiger partial charge in [-0.3, -0.25) is 4.90 Å². The molecule has 1 aliphatic heterocycles. The van der Waals surface area contributed by atoms with Gasteiger partial charge in [0.2, 0.25) is 0 Å². The maximum atomic E-state index is 5.98. The van der Waals surface area contributed by atoms with Gasteiger partial charge in [-0.1, -0.05) is 6.42 Å². The van der Waals surface area contributed by atoms with Crippen LogP contribution in [0.5, 0.6) is 0 Å². The molecule has 2 N–H and O–H groups in total. The highest BCUT2D eigenvalue weighted by Crippen LogP contribution is 2.40. The minimum atomic E-state index is 0.355. The smallest absolute Gasteiger partial charge is 0.0946 e. The van der Waals surface area contributed by atoms with Crippen LogP contribution in [0.25, 0.3) is 0 Å². The predicted octanol–water partition coefficient (Wildman–Crippen LogP) is 1.15. The molecule has 1 saturated carbocycles. The van der Waals surface area contributed by atoms with E-state index < -0.39 is 0 Å². The predicted molar refractivity (Wildman–Crippen MR) is 67.4 cm³/mol. The SMILES string of the molecule is Cn1cncc1C(CN)N1CC2CCCC2C1. The molecule has 94 valence electrons. The lowest BCUT2D eigenvalue weighted by atomic mass is 10.0. The van der Waals surface area contributed by atoms with Crippen LogP contribution in [-0.4, -0.2) is 34.1 Å². The quantitative estimate of drug-likeness (QED) is 0.853. The summed E-state index contributed by atoms with van der Waals surface area (Å²) in [5.74, 6) is 1.86. The number of hydrogen-bond donors (Lipinski definition) is 1. The van der Waals surface area contributed by atoms with Crippen LogP contribution in [0.2, 0.25) is 0 Å². The summed E-state index contributed by atoms with van der Waals surface area (Å²) < 4.78 is 2.10. The standard InChI is InChI=1S/C13H22N4/c1-16-9-15-6-13(16)12(5-14)17-7-10-3-2-4-11(10)8-17/h6,9-12H,2-5,7-8,14H2,1H3.